The molecule has 8 heteroatoms. The molecule has 1 N–H and O–H groups in total. The summed E-state index contributed by atoms with van der Waals surface area (Å²) < 4.78 is 32.1. The van der Waals surface area contributed by atoms with Crippen molar-refractivity contribution in [2.45, 2.75) is 69.0 Å². The van der Waals surface area contributed by atoms with E-state index in [-0.39, 0.29) is 28.5 Å². The Hall–Kier alpha value is -2.42. The number of carbonyl (C=O) groups is 1. The van der Waals surface area contributed by atoms with E-state index in [0.29, 0.717) is 24.0 Å². The molecule has 1 aliphatic carbocycles. The van der Waals surface area contributed by atoms with E-state index >= 15 is 0 Å². The zero-order chi connectivity index (χ0) is 24.3. The predicted octanol–water partition coefficient (Wildman–Crippen LogP) is 4.34. The second-order valence-corrected chi connectivity index (χ2v) is 12.3. The smallest absolute Gasteiger partial charge is 0.260 e. The number of likely N-dealkylation sites (tertiary alicyclic amines) is 1. The first-order valence-corrected chi connectivity index (χ1v) is 13.6. The summed E-state index contributed by atoms with van der Waals surface area (Å²) in [5, 5.41) is 0. The summed E-state index contributed by atoms with van der Waals surface area (Å²) in [6.45, 7) is 6.34. The van der Waals surface area contributed by atoms with Crippen molar-refractivity contribution in [2.24, 2.45) is 5.92 Å². The minimum atomic E-state index is -3.49. The van der Waals surface area contributed by atoms with Crippen LogP contribution in [0, 0.1) is 5.92 Å². The van der Waals surface area contributed by atoms with Gasteiger partial charge in [-0.2, -0.15) is 0 Å². The molecule has 4 rings (SSSR count). The second kappa shape index (κ2) is 10.1. The number of hydrogen-bond donors (Lipinski definition) is 1. The Kier molecular flexibility index (Phi) is 7.31. The standard InChI is InChI=1S/C26H34N2O5S/c1-26(2,3)33-27-25(29)24-17-19(15-16-28(24)20-9-10-20)18-34(30,31)23-13-11-22(12-14-23)32-21-7-5-4-6-8-21/h4-8,11-14,19-20,24H,9-10,15-18H2,1-3H3,(H,27,29). The van der Waals surface area contributed by atoms with Crippen LogP contribution < -0.4 is 10.2 Å². The van der Waals surface area contributed by atoms with Crippen LogP contribution in [-0.2, 0) is 19.5 Å². The van der Waals surface area contributed by atoms with Gasteiger partial charge in [0.05, 0.1) is 22.3 Å². The molecular weight excluding hydrogens is 452 g/mol. The van der Waals surface area contributed by atoms with Gasteiger partial charge < -0.3 is 4.74 Å². The zero-order valence-corrected chi connectivity index (χ0v) is 20.9. The maximum atomic E-state index is 13.2. The lowest BCUT2D eigenvalue weighted by Crippen LogP contribution is -2.53. The SMILES string of the molecule is CC(C)(C)ONC(=O)C1CC(CS(=O)(=O)c2ccc(Oc3ccccc3)cc2)CCN1C1CC1. The first-order valence-electron chi connectivity index (χ1n) is 11.9. The Morgan fingerprint density at radius 1 is 1.00 bits per heavy atom. The van der Waals surface area contributed by atoms with Gasteiger partial charge in [0, 0.05) is 6.04 Å². The molecule has 0 radical (unpaired) electrons. The highest BCUT2D eigenvalue weighted by Gasteiger charge is 2.42. The fourth-order valence-electron chi connectivity index (χ4n) is 4.33. The van der Waals surface area contributed by atoms with Crippen LogP contribution in [0.3, 0.4) is 0 Å². The van der Waals surface area contributed by atoms with E-state index in [9.17, 15) is 13.2 Å². The van der Waals surface area contributed by atoms with Crippen molar-refractivity contribution in [3.63, 3.8) is 0 Å². The van der Waals surface area contributed by atoms with Crippen molar-refractivity contribution in [1.82, 2.24) is 10.4 Å². The molecule has 2 aliphatic rings. The van der Waals surface area contributed by atoms with Crippen LogP contribution in [-0.4, -0.2) is 49.2 Å². The predicted molar refractivity (Wildman–Crippen MR) is 130 cm³/mol. The van der Waals surface area contributed by atoms with Crippen LogP contribution in [0.25, 0.3) is 0 Å². The van der Waals surface area contributed by atoms with Gasteiger partial charge in [-0.15, -0.1) is 0 Å². The molecule has 2 fully saturated rings. The lowest BCUT2D eigenvalue weighted by molar-refractivity contribution is -0.153. The van der Waals surface area contributed by atoms with Gasteiger partial charge in [-0.05, 0) is 95.3 Å². The summed E-state index contributed by atoms with van der Waals surface area (Å²) in [4.78, 5) is 20.9. The number of piperidine rings is 1. The zero-order valence-electron chi connectivity index (χ0n) is 20.1. The molecule has 7 nitrogen and oxygen atoms in total. The van der Waals surface area contributed by atoms with E-state index < -0.39 is 15.4 Å². The van der Waals surface area contributed by atoms with Gasteiger partial charge >= 0.3 is 0 Å². The molecule has 184 valence electrons. The number of rotatable bonds is 8. The number of hydrogen-bond acceptors (Lipinski definition) is 6. The van der Waals surface area contributed by atoms with Crippen molar-refractivity contribution in [3.05, 3.63) is 54.6 Å². The van der Waals surface area contributed by atoms with Crippen molar-refractivity contribution in [3.8, 4) is 11.5 Å². The Labute approximate surface area is 202 Å². The van der Waals surface area contributed by atoms with Crippen molar-refractivity contribution in [2.75, 3.05) is 12.3 Å². The number of ether oxygens (including phenoxy) is 1. The molecule has 2 aromatic carbocycles. The van der Waals surface area contributed by atoms with Crippen LogP contribution in [0.1, 0.15) is 46.5 Å². The summed E-state index contributed by atoms with van der Waals surface area (Å²) in [5.74, 6) is 1.02. The Balaban J connectivity index is 1.40. The average molecular weight is 487 g/mol. The van der Waals surface area contributed by atoms with Crippen molar-refractivity contribution < 1.29 is 22.8 Å². The summed E-state index contributed by atoms with van der Waals surface area (Å²) in [7, 11) is -3.49. The van der Waals surface area contributed by atoms with E-state index in [1.807, 2.05) is 51.1 Å². The van der Waals surface area contributed by atoms with Gasteiger partial charge in [-0.1, -0.05) is 18.2 Å². The number of sulfone groups is 1. The van der Waals surface area contributed by atoms with Crippen LogP contribution in [0.2, 0.25) is 0 Å². The fraction of sp³-hybridized carbons (Fsp3) is 0.500. The molecule has 1 saturated heterocycles. The normalized spacial score (nSPS) is 21.7. The highest BCUT2D eigenvalue weighted by molar-refractivity contribution is 7.91. The van der Waals surface area contributed by atoms with Crippen LogP contribution >= 0.6 is 0 Å². The van der Waals surface area contributed by atoms with Gasteiger partial charge in [0.25, 0.3) is 5.91 Å². The minimum Gasteiger partial charge on any atom is -0.457 e. The Morgan fingerprint density at radius 2 is 1.65 bits per heavy atom. The monoisotopic (exact) mass is 486 g/mol. The fourth-order valence-corrected chi connectivity index (χ4v) is 5.99. The van der Waals surface area contributed by atoms with Gasteiger partial charge in [0.15, 0.2) is 9.84 Å². The topological polar surface area (TPSA) is 84.9 Å². The van der Waals surface area contributed by atoms with E-state index in [1.165, 1.54) is 0 Å². The minimum absolute atomic E-state index is 0.0221. The van der Waals surface area contributed by atoms with Crippen molar-refractivity contribution >= 4 is 15.7 Å². The molecule has 1 saturated carbocycles. The Bertz CT molecular complexity index is 1080. The number of amides is 1. The number of benzene rings is 2. The molecule has 0 spiro atoms. The summed E-state index contributed by atoms with van der Waals surface area (Å²) in [6.07, 6.45) is 3.44. The molecule has 2 atom stereocenters. The molecule has 1 amide bonds. The largest absolute Gasteiger partial charge is 0.457 e. The molecule has 0 aromatic heterocycles. The number of para-hydroxylation sites is 1. The third-order valence-corrected chi connectivity index (χ3v) is 8.05. The molecule has 34 heavy (non-hydrogen) atoms. The van der Waals surface area contributed by atoms with Gasteiger partial charge in [-0.3, -0.25) is 14.5 Å². The highest BCUT2D eigenvalue weighted by atomic mass is 32.2. The number of nitrogens with zero attached hydrogens (tertiary/aromatic N) is 1. The summed E-state index contributed by atoms with van der Waals surface area (Å²) in [6, 6.07) is 15.9. The van der Waals surface area contributed by atoms with Crippen molar-refractivity contribution in [1.29, 1.82) is 0 Å². The van der Waals surface area contributed by atoms with E-state index in [1.54, 1.807) is 24.3 Å². The highest BCUT2D eigenvalue weighted by Crippen LogP contribution is 2.36. The third-order valence-electron chi connectivity index (χ3n) is 6.15. The molecule has 0 bridgehead atoms. The summed E-state index contributed by atoms with van der Waals surface area (Å²) >= 11 is 0. The molecule has 1 aliphatic heterocycles. The molecule has 2 aromatic rings. The van der Waals surface area contributed by atoms with E-state index in [4.69, 9.17) is 9.57 Å². The molecular formula is C26H34N2O5S. The second-order valence-electron chi connectivity index (χ2n) is 10.2. The average Bonchev–Trinajstić information content (AvgIpc) is 3.63. The lowest BCUT2D eigenvalue weighted by atomic mass is 9.91. The lowest BCUT2D eigenvalue weighted by Gasteiger charge is -2.38. The van der Waals surface area contributed by atoms with Crippen LogP contribution in [0.15, 0.2) is 59.5 Å². The van der Waals surface area contributed by atoms with Gasteiger partial charge in [-0.25, -0.2) is 13.9 Å². The maximum absolute atomic E-state index is 13.2. The third kappa shape index (κ3) is 6.58. The molecule has 1 heterocycles. The van der Waals surface area contributed by atoms with Crippen LogP contribution in [0.4, 0.5) is 0 Å². The number of hydroxylamine groups is 1. The van der Waals surface area contributed by atoms with Gasteiger partial charge in [0.2, 0.25) is 0 Å². The van der Waals surface area contributed by atoms with E-state index in [0.717, 1.165) is 25.8 Å². The van der Waals surface area contributed by atoms with Crippen LogP contribution in [0.5, 0.6) is 11.5 Å². The summed E-state index contributed by atoms with van der Waals surface area (Å²) in [5.41, 5.74) is 2.11. The number of carbonyl (C=O) groups excluding carboxylic acids is 1. The first kappa shape index (κ1) is 24.7. The Morgan fingerprint density at radius 3 is 2.26 bits per heavy atom. The first-order chi connectivity index (χ1) is 16.1. The molecule has 2 unspecified atom stereocenters. The van der Waals surface area contributed by atoms with E-state index in [2.05, 4.69) is 10.4 Å². The number of nitrogens with one attached hydrogen (secondary N) is 1. The maximum Gasteiger partial charge on any atom is 0.260 e. The quantitative estimate of drug-likeness (QED) is 0.559. The van der Waals surface area contributed by atoms with Gasteiger partial charge in [0.1, 0.15) is 11.5 Å².